The lowest BCUT2D eigenvalue weighted by Crippen LogP contribution is -2.40. The van der Waals surface area contributed by atoms with E-state index < -0.39 is 0 Å². The number of rotatable bonds is 6. The predicted molar refractivity (Wildman–Crippen MR) is 91.6 cm³/mol. The van der Waals surface area contributed by atoms with Crippen LogP contribution in [-0.2, 0) is 11.3 Å². The molecule has 124 valence electrons. The van der Waals surface area contributed by atoms with E-state index >= 15 is 0 Å². The van der Waals surface area contributed by atoms with Crippen LogP contribution in [0.5, 0.6) is 0 Å². The van der Waals surface area contributed by atoms with Crippen LogP contribution >= 0.6 is 23.1 Å². The number of tetrazole rings is 1. The van der Waals surface area contributed by atoms with E-state index in [-0.39, 0.29) is 11.2 Å². The van der Waals surface area contributed by atoms with Gasteiger partial charge >= 0.3 is 0 Å². The second-order valence-corrected chi connectivity index (χ2v) is 8.14. The second kappa shape index (κ2) is 7.92. The maximum absolute atomic E-state index is 12.4. The Hall–Kier alpha value is -1.41. The van der Waals surface area contributed by atoms with E-state index in [1.165, 1.54) is 35.9 Å². The summed E-state index contributed by atoms with van der Waals surface area (Å²) >= 11 is 3.09. The van der Waals surface area contributed by atoms with Crippen molar-refractivity contribution in [1.82, 2.24) is 25.5 Å². The minimum Gasteiger partial charge on any atom is -0.352 e. The summed E-state index contributed by atoms with van der Waals surface area (Å²) in [5.41, 5.74) is 0. The van der Waals surface area contributed by atoms with Gasteiger partial charge in [0.1, 0.15) is 0 Å². The van der Waals surface area contributed by atoms with Crippen LogP contribution in [0.2, 0.25) is 0 Å². The van der Waals surface area contributed by atoms with E-state index in [0.29, 0.717) is 17.7 Å². The molecule has 8 heteroatoms. The van der Waals surface area contributed by atoms with Crippen molar-refractivity contribution >= 4 is 29.0 Å². The summed E-state index contributed by atoms with van der Waals surface area (Å²) in [5, 5.41) is 17.5. The molecule has 2 aromatic rings. The van der Waals surface area contributed by atoms with Crippen LogP contribution in [-0.4, -0.2) is 37.4 Å². The second-order valence-electron chi connectivity index (χ2n) is 5.80. The SMILES string of the molecule is C[C@H](Sc1nnnn1Cc1cccs1)C(=O)NC1CCCCC1. The predicted octanol–water partition coefficient (Wildman–Crippen LogP) is 2.71. The molecular formula is C15H21N5OS2. The molecule has 1 fully saturated rings. The molecule has 0 radical (unpaired) electrons. The van der Waals surface area contributed by atoms with Crippen molar-refractivity contribution in [3.63, 3.8) is 0 Å². The quantitative estimate of drug-likeness (QED) is 0.810. The molecule has 1 aliphatic carbocycles. The summed E-state index contributed by atoms with van der Waals surface area (Å²) in [4.78, 5) is 13.6. The average Bonchev–Trinajstić information content (AvgIpc) is 3.21. The number of hydrogen-bond acceptors (Lipinski definition) is 6. The molecule has 0 aromatic carbocycles. The molecule has 2 heterocycles. The van der Waals surface area contributed by atoms with Crippen LogP contribution in [0.3, 0.4) is 0 Å². The molecule has 6 nitrogen and oxygen atoms in total. The first-order valence-corrected chi connectivity index (χ1v) is 9.74. The Morgan fingerprint density at radius 2 is 2.30 bits per heavy atom. The lowest BCUT2D eigenvalue weighted by molar-refractivity contribution is -0.121. The number of amides is 1. The third-order valence-corrected chi connectivity index (χ3v) is 5.92. The van der Waals surface area contributed by atoms with Crippen molar-refractivity contribution in [1.29, 1.82) is 0 Å². The van der Waals surface area contributed by atoms with Gasteiger partial charge in [-0.15, -0.1) is 16.4 Å². The third-order valence-electron chi connectivity index (χ3n) is 3.99. The molecule has 0 unspecified atom stereocenters. The zero-order chi connectivity index (χ0) is 16.1. The van der Waals surface area contributed by atoms with Crippen LogP contribution in [0.25, 0.3) is 0 Å². The standard InChI is InChI=1S/C15H21N5OS2/c1-11(14(21)16-12-6-3-2-4-7-12)23-15-17-18-19-20(15)10-13-8-5-9-22-13/h5,8-9,11-12H,2-4,6-7,10H2,1H3,(H,16,21)/t11-/m0/s1. The van der Waals surface area contributed by atoms with Gasteiger partial charge in [-0.2, -0.15) is 0 Å². The molecular weight excluding hydrogens is 330 g/mol. The fraction of sp³-hybridized carbons (Fsp3) is 0.600. The van der Waals surface area contributed by atoms with Crippen LogP contribution < -0.4 is 5.32 Å². The minimum atomic E-state index is -0.204. The van der Waals surface area contributed by atoms with Crippen LogP contribution in [0.4, 0.5) is 0 Å². The lowest BCUT2D eigenvalue weighted by atomic mass is 9.95. The number of thiophene rings is 1. The lowest BCUT2D eigenvalue weighted by Gasteiger charge is -2.24. The van der Waals surface area contributed by atoms with E-state index in [2.05, 4.69) is 26.9 Å². The smallest absolute Gasteiger partial charge is 0.233 e. The fourth-order valence-electron chi connectivity index (χ4n) is 2.71. The Kier molecular flexibility index (Phi) is 5.66. The molecule has 1 atom stereocenters. The Morgan fingerprint density at radius 1 is 1.48 bits per heavy atom. The molecule has 0 spiro atoms. The molecule has 1 saturated carbocycles. The molecule has 1 aliphatic rings. The van der Waals surface area contributed by atoms with E-state index in [1.54, 1.807) is 16.0 Å². The molecule has 1 N–H and O–H groups in total. The summed E-state index contributed by atoms with van der Waals surface area (Å²) in [6, 6.07) is 4.40. The maximum atomic E-state index is 12.4. The van der Waals surface area contributed by atoms with Crippen molar-refractivity contribution < 1.29 is 4.79 Å². The first-order chi connectivity index (χ1) is 11.2. The van der Waals surface area contributed by atoms with Gasteiger partial charge in [0.2, 0.25) is 11.1 Å². The Morgan fingerprint density at radius 3 is 3.04 bits per heavy atom. The number of nitrogens with one attached hydrogen (secondary N) is 1. The highest BCUT2D eigenvalue weighted by atomic mass is 32.2. The zero-order valence-electron chi connectivity index (χ0n) is 13.1. The van der Waals surface area contributed by atoms with Crippen molar-refractivity contribution in [3.05, 3.63) is 22.4 Å². The largest absolute Gasteiger partial charge is 0.352 e. The van der Waals surface area contributed by atoms with Gasteiger partial charge in [0.05, 0.1) is 11.8 Å². The Labute approximate surface area is 144 Å². The Balaban J connectivity index is 1.56. The van der Waals surface area contributed by atoms with Gasteiger partial charge in [0.25, 0.3) is 0 Å². The van der Waals surface area contributed by atoms with Crippen molar-refractivity contribution in [2.75, 3.05) is 0 Å². The highest BCUT2D eigenvalue weighted by Crippen LogP contribution is 2.23. The van der Waals surface area contributed by atoms with Crippen molar-refractivity contribution in [2.45, 2.75) is 62.0 Å². The molecule has 0 bridgehead atoms. The van der Waals surface area contributed by atoms with Gasteiger partial charge in [-0.3, -0.25) is 4.79 Å². The van der Waals surface area contributed by atoms with Crippen LogP contribution in [0.1, 0.15) is 43.9 Å². The van der Waals surface area contributed by atoms with Gasteiger partial charge < -0.3 is 5.32 Å². The van der Waals surface area contributed by atoms with E-state index in [9.17, 15) is 4.79 Å². The third kappa shape index (κ3) is 4.54. The van der Waals surface area contributed by atoms with Gasteiger partial charge in [-0.1, -0.05) is 37.1 Å². The number of hydrogen-bond donors (Lipinski definition) is 1. The number of thioether (sulfide) groups is 1. The molecule has 3 rings (SSSR count). The highest BCUT2D eigenvalue weighted by molar-refractivity contribution is 8.00. The van der Waals surface area contributed by atoms with E-state index in [1.807, 2.05) is 18.4 Å². The minimum absolute atomic E-state index is 0.0765. The normalized spacial score (nSPS) is 17.1. The average molecular weight is 352 g/mol. The highest BCUT2D eigenvalue weighted by Gasteiger charge is 2.22. The molecule has 0 saturated heterocycles. The summed E-state index contributed by atoms with van der Waals surface area (Å²) in [7, 11) is 0. The van der Waals surface area contributed by atoms with Crippen LogP contribution in [0, 0.1) is 0 Å². The topological polar surface area (TPSA) is 72.7 Å². The summed E-state index contributed by atoms with van der Waals surface area (Å²) in [6.45, 7) is 2.55. The van der Waals surface area contributed by atoms with Gasteiger partial charge in [-0.05, 0) is 41.6 Å². The van der Waals surface area contributed by atoms with Gasteiger partial charge in [-0.25, -0.2) is 4.68 Å². The van der Waals surface area contributed by atoms with Crippen LogP contribution in [0.15, 0.2) is 22.7 Å². The van der Waals surface area contributed by atoms with E-state index in [4.69, 9.17) is 0 Å². The first-order valence-electron chi connectivity index (χ1n) is 7.98. The monoisotopic (exact) mass is 351 g/mol. The molecule has 0 aliphatic heterocycles. The summed E-state index contributed by atoms with van der Waals surface area (Å²) in [6.07, 6.45) is 5.91. The molecule has 23 heavy (non-hydrogen) atoms. The molecule has 1 amide bonds. The number of nitrogens with zero attached hydrogens (tertiary/aromatic N) is 4. The zero-order valence-corrected chi connectivity index (χ0v) is 14.8. The number of aromatic nitrogens is 4. The van der Waals surface area contributed by atoms with Gasteiger partial charge in [0.15, 0.2) is 0 Å². The van der Waals surface area contributed by atoms with Crippen molar-refractivity contribution in [2.24, 2.45) is 0 Å². The van der Waals surface area contributed by atoms with Crippen molar-refractivity contribution in [3.8, 4) is 0 Å². The number of carbonyl (C=O) groups is 1. The maximum Gasteiger partial charge on any atom is 0.233 e. The first kappa shape index (κ1) is 16.4. The van der Waals surface area contributed by atoms with Gasteiger partial charge in [0, 0.05) is 10.9 Å². The summed E-state index contributed by atoms with van der Waals surface area (Å²) in [5.74, 6) is 0.0765. The number of carbonyl (C=O) groups excluding carboxylic acids is 1. The fourth-order valence-corrected chi connectivity index (χ4v) is 4.19. The van der Waals surface area contributed by atoms with E-state index in [0.717, 1.165) is 12.8 Å². The molecule has 2 aromatic heterocycles. The Bertz CT molecular complexity index is 622. The summed E-state index contributed by atoms with van der Waals surface area (Å²) < 4.78 is 1.75.